The molecule has 2 aromatic rings. The number of hydrogen-bond acceptors (Lipinski definition) is 0. The predicted octanol–water partition coefficient (Wildman–Crippen LogP) is 6.53. The minimum Gasteiger partial charge on any atom is -0.207 e. The molecule has 100 valence electrons. The highest BCUT2D eigenvalue weighted by atomic mass is 79.9. The Bertz CT molecular complexity index is 582. The van der Waals surface area contributed by atoms with E-state index >= 15 is 0 Å². The van der Waals surface area contributed by atoms with Gasteiger partial charge in [0.1, 0.15) is 5.82 Å². The van der Waals surface area contributed by atoms with E-state index in [4.69, 9.17) is 23.2 Å². The molecule has 0 aliphatic carbocycles. The van der Waals surface area contributed by atoms with Crippen LogP contribution in [0.25, 0.3) is 0 Å². The third-order valence-electron chi connectivity index (χ3n) is 2.74. The molecule has 0 aliphatic rings. The molecule has 0 saturated heterocycles. The fourth-order valence-electron chi connectivity index (χ4n) is 1.77. The molecule has 1 atom stereocenters. The van der Waals surface area contributed by atoms with Crippen LogP contribution < -0.4 is 0 Å². The monoisotopic (exact) mass is 424 g/mol. The molecule has 2 aromatic carbocycles. The van der Waals surface area contributed by atoms with Crippen LogP contribution in [0.15, 0.2) is 45.3 Å². The smallest absolute Gasteiger partial charge is 0.127 e. The van der Waals surface area contributed by atoms with Crippen molar-refractivity contribution in [2.24, 2.45) is 0 Å². The van der Waals surface area contributed by atoms with Crippen LogP contribution in [-0.4, -0.2) is 0 Å². The Kier molecular flexibility index (Phi) is 5.29. The van der Waals surface area contributed by atoms with E-state index in [1.165, 1.54) is 6.07 Å². The van der Waals surface area contributed by atoms with Crippen LogP contribution in [0.2, 0.25) is 5.02 Å². The molecule has 0 spiro atoms. The fourth-order valence-corrected chi connectivity index (χ4v) is 3.38. The van der Waals surface area contributed by atoms with E-state index in [1.54, 1.807) is 12.1 Å². The minimum absolute atomic E-state index is 0.329. The van der Waals surface area contributed by atoms with Crippen molar-refractivity contribution in [3.05, 3.63) is 67.3 Å². The van der Waals surface area contributed by atoms with Gasteiger partial charge in [0.15, 0.2) is 0 Å². The number of rotatable bonds is 3. The first-order valence-corrected chi connectivity index (χ1v) is 7.91. The highest BCUT2D eigenvalue weighted by Crippen LogP contribution is 2.35. The average Bonchev–Trinajstić information content (AvgIpc) is 2.37. The van der Waals surface area contributed by atoms with E-state index in [1.807, 2.05) is 18.2 Å². The van der Waals surface area contributed by atoms with Crippen LogP contribution in [-0.2, 0) is 6.42 Å². The van der Waals surface area contributed by atoms with Gasteiger partial charge in [-0.25, -0.2) is 4.39 Å². The number of alkyl halides is 1. The second-order valence-electron chi connectivity index (χ2n) is 4.04. The molecular weight excluding hydrogens is 418 g/mol. The maximum absolute atomic E-state index is 13.7. The Morgan fingerprint density at radius 3 is 2.58 bits per heavy atom. The fraction of sp³-hybridized carbons (Fsp3) is 0.143. The van der Waals surface area contributed by atoms with Gasteiger partial charge in [-0.05, 0) is 42.3 Å². The Morgan fingerprint density at radius 2 is 1.89 bits per heavy atom. The molecule has 0 aliphatic heterocycles. The molecule has 5 heteroatoms. The third-order valence-corrected chi connectivity index (χ3v) is 4.70. The zero-order chi connectivity index (χ0) is 14.0. The highest BCUT2D eigenvalue weighted by Gasteiger charge is 2.17. The summed E-state index contributed by atoms with van der Waals surface area (Å²) in [5.41, 5.74) is 1.34. The van der Waals surface area contributed by atoms with Gasteiger partial charge in [-0.15, -0.1) is 11.6 Å². The first-order chi connectivity index (χ1) is 8.99. The van der Waals surface area contributed by atoms with Crippen molar-refractivity contribution in [1.29, 1.82) is 0 Å². The van der Waals surface area contributed by atoms with E-state index in [2.05, 4.69) is 31.9 Å². The van der Waals surface area contributed by atoms with Crippen LogP contribution in [0, 0.1) is 5.82 Å². The number of halogens is 5. The lowest BCUT2D eigenvalue weighted by Gasteiger charge is -2.14. The van der Waals surface area contributed by atoms with E-state index in [0.29, 0.717) is 17.0 Å². The van der Waals surface area contributed by atoms with Gasteiger partial charge in [-0.3, -0.25) is 0 Å². The quantitative estimate of drug-likeness (QED) is 0.489. The molecule has 0 radical (unpaired) electrons. The summed E-state index contributed by atoms with van der Waals surface area (Å²) < 4.78 is 15.6. The van der Waals surface area contributed by atoms with Gasteiger partial charge >= 0.3 is 0 Å². The summed E-state index contributed by atoms with van der Waals surface area (Å²) in [5.74, 6) is -0.329. The molecule has 0 fully saturated rings. The van der Waals surface area contributed by atoms with Crippen molar-refractivity contribution in [2.75, 3.05) is 0 Å². The third kappa shape index (κ3) is 3.72. The van der Waals surface area contributed by atoms with Crippen molar-refractivity contribution in [3.8, 4) is 0 Å². The Balaban J connectivity index is 2.31. The van der Waals surface area contributed by atoms with Crippen LogP contribution in [0.3, 0.4) is 0 Å². The van der Waals surface area contributed by atoms with Gasteiger partial charge in [0.2, 0.25) is 0 Å². The number of benzene rings is 2. The van der Waals surface area contributed by atoms with Crippen LogP contribution in [0.4, 0.5) is 4.39 Å². The molecule has 19 heavy (non-hydrogen) atoms. The van der Waals surface area contributed by atoms with Crippen molar-refractivity contribution >= 4 is 55.1 Å². The van der Waals surface area contributed by atoms with E-state index in [9.17, 15) is 4.39 Å². The second-order valence-corrected chi connectivity index (χ2v) is 6.74. The summed E-state index contributed by atoms with van der Waals surface area (Å²) in [6.07, 6.45) is 0.335. The minimum atomic E-state index is -0.360. The van der Waals surface area contributed by atoms with Crippen molar-refractivity contribution < 1.29 is 4.39 Å². The van der Waals surface area contributed by atoms with Crippen molar-refractivity contribution in [2.45, 2.75) is 11.8 Å². The molecule has 0 heterocycles. The first-order valence-electron chi connectivity index (χ1n) is 5.51. The van der Waals surface area contributed by atoms with Gasteiger partial charge in [0, 0.05) is 19.5 Å². The summed E-state index contributed by atoms with van der Waals surface area (Å²) >= 11 is 19.2. The van der Waals surface area contributed by atoms with E-state index < -0.39 is 0 Å². The molecule has 0 aromatic heterocycles. The molecule has 0 N–H and O–H groups in total. The lowest BCUT2D eigenvalue weighted by Crippen LogP contribution is -2.00. The Morgan fingerprint density at radius 1 is 1.16 bits per heavy atom. The summed E-state index contributed by atoms with van der Waals surface area (Å²) in [4.78, 5) is 0. The van der Waals surface area contributed by atoms with Gasteiger partial charge < -0.3 is 0 Å². The first kappa shape index (κ1) is 15.3. The van der Waals surface area contributed by atoms with Gasteiger partial charge in [0.25, 0.3) is 0 Å². The van der Waals surface area contributed by atoms with Crippen molar-refractivity contribution in [3.63, 3.8) is 0 Å². The highest BCUT2D eigenvalue weighted by molar-refractivity contribution is 9.11. The number of hydrogen-bond donors (Lipinski definition) is 0. The Labute approximate surface area is 138 Å². The molecule has 0 amide bonds. The Hall–Kier alpha value is -0.0900. The lowest BCUT2D eigenvalue weighted by molar-refractivity contribution is 0.607. The van der Waals surface area contributed by atoms with Gasteiger partial charge in [-0.2, -0.15) is 0 Å². The largest absolute Gasteiger partial charge is 0.207 e. The zero-order valence-corrected chi connectivity index (χ0v) is 14.3. The lowest BCUT2D eigenvalue weighted by atomic mass is 10.0. The van der Waals surface area contributed by atoms with Crippen LogP contribution in [0.5, 0.6) is 0 Å². The maximum atomic E-state index is 13.7. The van der Waals surface area contributed by atoms with Crippen molar-refractivity contribution in [1.82, 2.24) is 0 Å². The van der Waals surface area contributed by atoms with Gasteiger partial charge in [-0.1, -0.05) is 49.5 Å². The standard InChI is InChI=1S/C14H9Br2Cl2F/c15-8-4-5-11(16)9(6-8)13(18)7-10-12(17)2-1-3-14(10)19/h1-6,13H,7H2. The van der Waals surface area contributed by atoms with E-state index in [-0.39, 0.29) is 11.2 Å². The maximum Gasteiger partial charge on any atom is 0.127 e. The molecule has 1 unspecified atom stereocenters. The summed E-state index contributed by atoms with van der Waals surface area (Å²) in [5, 5.41) is 0.0399. The predicted molar refractivity (Wildman–Crippen MR) is 85.6 cm³/mol. The molecular formula is C14H9Br2Cl2F. The van der Waals surface area contributed by atoms with Crippen LogP contribution in [0.1, 0.15) is 16.5 Å². The topological polar surface area (TPSA) is 0 Å². The zero-order valence-electron chi connectivity index (χ0n) is 9.64. The average molecular weight is 427 g/mol. The summed E-state index contributed by atoms with van der Waals surface area (Å²) in [7, 11) is 0. The molecule has 2 rings (SSSR count). The summed E-state index contributed by atoms with van der Waals surface area (Å²) in [6.45, 7) is 0. The van der Waals surface area contributed by atoms with E-state index in [0.717, 1.165) is 14.5 Å². The van der Waals surface area contributed by atoms with Gasteiger partial charge in [0.05, 0.1) is 5.38 Å². The molecule has 0 bridgehead atoms. The normalized spacial score (nSPS) is 12.5. The second kappa shape index (κ2) is 6.57. The molecule has 0 nitrogen and oxygen atoms in total. The summed E-state index contributed by atoms with van der Waals surface area (Å²) in [6, 6.07) is 10.4. The molecule has 0 saturated carbocycles. The van der Waals surface area contributed by atoms with Crippen LogP contribution >= 0.6 is 55.1 Å². The SMILES string of the molecule is Fc1cccc(Cl)c1CC(Cl)c1cc(Br)ccc1Br.